The van der Waals surface area contributed by atoms with E-state index in [4.69, 9.17) is 9.84 Å². The van der Waals surface area contributed by atoms with Gasteiger partial charge in [0.25, 0.3) is 0 Å². The maximum Gasteiger partial charge on any atom is 0.310 e. The molecule has 0 saturated heterocycles. The van der Waals surface area contributed by atoms with Crippen LogP contribution in [-0.4, -0.2) is 17.7 Å². The van der Waals surface area contributed by atoms with Gasteiger partial charge in [-0.2, -0.15) is 0 Å². The normalized spacial score (nSPS) is 24.1. The van der Waals surface area contributed by atoms with Crippen molar-refractivity contribution in [3.63, 3.8) is 0 Å². The van der Waals surface area contributed by atoms with Crippen molar-refractivity contribution < 1.29 is 19.0 Å². The summed E-state index contributed by atoms with van der Waals surface area (Å²) in [5.74, 6) is -1.48. The molecule has 2 unspecified atom stereocenters. The van der Waals surface area contributed by atoms with Gasteiger partial charge in [0.1, 0.15) is 18.2 Å². The van der Waals surface area contributed by atoms with E-state index in [1.165, 1.54) is 12.1 Å². The summed E-state index contributed by atoms with van der Waals surface area (Å²) in [4.78, 5) is 10.9. The minimum atomic E-state index is -0.877. The lowest BCUT2D eigenvalue weighted by atomic mass is 9.85. The summed E-state index contributed by atoms with van der Waals surface area (Å²) in [6, 6.07) is 4.21. The molecule has 4 heteroatoms. The summed E-state index contributed by atoms with van der Waals surface area (Å²) >= 11 is 0. The van der Waals surface area contributed by atoms with Gasteiger partial charge in [0.2, 0.25) is 0 Å². The van der Waals surface area contributed by atoms with Gasteiger partial charge in [0.05, 0.1) is 5.92 Å². The highest BCUT2D eigenvalue weighted by Crippen LogP contribution is 2.37. The van der Waals surface area contributed by atoms with Crippen LogP contribution in [0, 0.1) is 11.7 Å². The molecule has 0 radical (unpaired) electrons. The molecular weight excluding hydrogens is 199 g/mol. The predicted molar refractivity (Wildman–Crippen MR) is 51.4 cm³/mol. The van der Waals surface area contributed by atoms with Crippen molar-refractivity contribution in [3.8, 4) is 5.75 Å². The largest absolute Gasteiger partial charge is 0.492 e. The molecule has 1 aromatic carbocycles. The minimum absolute atomic E-state index is 0.104. The average Bonchev–Trinajstić information content (AvgIpc) is 2.17. The average molecular weight is 210 g/mol. The van der Waals surface area contributed by atoms with Gasteiger partial charge in [0, 0.05) is 12.0 Å². The predicted octanol–water partition coefficient (Wildman–Crippen LogP) is 2.02. The fourth-order valence-corrected chi connectivity index (χ4v) is 1.84. The van der Waals surface area contributed by atoms with E-state index < -0.39 is 11.9 Å². The zero-order valence-corrected chi connectivity index (χ0v) is 8.24. The molecule has 80 valence electrons. The number of benzene rings is 1. The molecule has 0 fully saturated rings. The Morgan fingerprint density at radius 2 is 2.33 bits per heavy atom. The molecule has 1 aromatic rings. The molecule has 0 saturated carbocycles. The van der Waals surface area contributed by atoms with E-state index in [0.717, 1.165) is 5.56 Å². The molecule has 0 bridgehead atoms. The van der Waals surface area contributed by atoms with E-state index in [1.807, 2.05) is 6.92 Å². The van der Waals surface area contributed by atoms with E-state index in [-0.39, 0.29) is 18.3 Å². The van der Waals surface area contributed by atoms with Crippen LogP contribution in [0.4, 0.5) is 4.39 Å². The molecule has 1 N–H and O–H groups in total. The number of hydrogen-bond acceptors (Lipinski definition) is 2. The first-order valence-corrected chi connectivity index (χ1v) is 4.74. The fourth-order valence-electron chi connectivity index (χ4n) is 1.84. The molecule has 1 heterocycles. The van der Waals surface area contributed by atoms with Crippen molar-refractivity contribution in [1.82, 2.24) is 0 Å². The molecular formula is C11H11FO3. The quantitative estimate of drug-likeness (QED) is 0.771. The van der Waals surface area contributed by atoms with Crippen molar-refractivity contribution in [3.05, 3.63) is 29.6 Å². The first kappa shape index (κ1) is 9.96. The number of rotatable bonds is 1. The Kier molecular flexibility index (Phi) is 2.34. The zero-order chi connectivity index (χ0) is 11.0. The van der Waals surface area contributed by atoms with E-state index in [9.17, 15) is 9.18 Å². The number of ether oxygens (including phenoxy) is 1. The summed E-state index contributed by atoms with van der Waals surface area (Å²) in [7, 11) is 0. The van der Waals surface area contributed by atoms with Gasteiger partial charge in [-0.1, -0.05) is 13.0 Å². The maximum absolute atomic E-state index is 12.9. The van der Waals surface area contributed by atoms with Gasteiger partial charge in [-0.25, -0.2) is 4.39 Å². The highest BCUT2D eigenvalue weighted by atomic mass is 19.1. The Balaban J connectivity index is 2.38. The van der Waals surface area contributed by atoms with Crippen LogP contribution in [-0.2, 0) is 4.79 Å². The van der Waals surface area contributed by atoms with E-state index in [1.54, 1.807) is 6.07 Å². The van der Waals surface area contributed by atoms with Crippen molar-refractivity contribution in [2.75, 3.05) is 6.61 Å². The lowest BCUT2D eigenvalue weighted by Crippen LogP contribution is -2.30. The van der Waals surface area contributed by atoms with Crippen molar-refractivity contribution >= 4 is 5.97 Å². The van der Waals surface area contributed by atoms with Crippen LogP contribution in [0.15, 0.2) is 18.2 Å². The molecule has 2 rings (SSSR count). The Hall–Kier alpha value is -1.58. The smallest absolute Gasteiger partial charge is 0.310 e. The van der Waals surface area contributed by atoms with Crippen LogP contribution < -0.4 is 4.74 Å². The lowest BCUT2D eigenvalue weighted by molar-refractivity contribution is -0.144. The second-order valence-electron chi connectivity index (χ2n) is 3.73. The van der Waals surface area contributed by atoms with Crippen molar-refractivity contribution in [2.45, 2.75) is 12.8 Å². The SMILES string of the molecule is CC1c2ccc(F)cc2OCC1C(=O)O. The monoisotopic (exact) mass is 210 g/mol. The first-order valence-electron chi connectivity index (χ1n) is 4.74. The summed E-state index contributed by atoms with van der Waals surface area (Å²) in [5.41, 5.74) is 0.759. The van der Waals surface area contributed by atoms with Gasteiger partial charge >= 0.3 is 5.97 Å². The van der Waals surface area contributed by atoms with E-state index >= 15 is 0 Å². The number of carboxylic acid groups (broad SMARTS) is 1. The molecule has 0 aliphatic carbocycles. The van der Waals surface area contributed by atoms with Crippen molar-refractivity contribution in [1.29, 1.82) is 0 Å². The Morgan fingerprint density at radius 1 is 1.60 bits per heavy atom. The topological polar surface area (TPSA) is 46.5 Å². The highest BCUT2D eigenvalue weighted by Gasteiger charge is 2.32. The maximum atomic E-state index is 12.9. The minimum Gasteiger partial charge on any atom is -0.492 e. The standard InChI is InChI=1S/C11H11FO3/c1-6-8-3-2-7(12)4-10(8)15-5-9(6)11(13)14/h2-4,6,9H,5H2,1H3,(H,13,14). The fraction of sp³-hybridized carbons (Fsp3) is 0.364. The van der Waals surface area contributed by atoms with Crippen LogP contribution >= 0.6 is 0 Å². The lowest BCUT2D eigenvalue weighted by Gasteiger charge is -2.28. The molecule has 0 amide bonds. The summed E-state index contributed by atoms with van der Waals surface area (Å²) in [6.45, 7) is 1.92. The summed E-state index contributed by atoms with van der Waals surface area (Å²) < 4.78 is 18.1. The summed E-state index contributed by atoms with van der Waals surface area (Å²) in [5, 5.41) is 8.93. The van der Waals surface area contributed by atoms with Crippen LogP contribution in [0.5, 0.6) is 5.75 Å². The zero-order valence-electron chi connectivity index (χ0n) is 8.24. The Labute approximate surface area is 86.5 Å². The molecule has 0 spiro atoms. The van der Waals surface area contributed by atoms with Crippen LogP contribution in [0.25, 0.3) is 0 Å². The number of carbonyl (C=O) groups is 1. The number of hydrogen-bond donors (Lipinski definition) is 1. The highest BCUT2D eigenvalue weighted by molar-refractivity contribution is 5.72. The third kappa shape index (κ3) is 1.67. The molecule has 3 nitrogen and oxygen atoms in total. The van der Waals surface area contributed by atoms with E-state index in [0.29, 0.717) is 5.75 Å². The van der Waals surface area contributed by atoms with Crippen LogP contribution in [0.1, 0.15) is 18.4 Å². The van der Waals surface area contributed by atoms with Crippen molar-refractivity contribution in [2.24, 2.45) is 5.92 Å². The second kappa shape index (κ2) is 3.53. The molecule has 15 heavy (non-hydrogen) atoms. The second-order valence-corrected chi connectivity index (χ2v) is 3.73. The number of aliphatic carboxylic acids is 1. The van der Waals surface area contributed by atoms with Crippen LogP contribution in [0.2, 0.25) is 0 Å². The Bertz CT molecular complexity index is 403. The van der Waals surface area contributed by atoms with Gasteiger partial charge in [-0.05, 0) is 11.6 Å². The first-order chi connectivity index (χ1) is 7.09. The molecule has 2 atom stereocenters. The third-order valence-electron chi connectivity index (χ3n) is 2.81. The number of fused-ring (bicyclic) bond motifs is 1. The van der Waals surface area contributed by atoms with Gasteiger partial charge in [0.15, 0.2) is 0 Å². The molecule has 0 aromatic heterocycles. The van der Waals surface area contributed by atoms with Gasteiger partial charge in [-0.3, -0.25) is 4.79 Å². The van der Waals surface area contributed by atoms with Gasteiger partial charge < -0.3 is 9.84 Å². The Morgan fingerprint density at radius 3 is 3.00 bits per heavy atom. The number of halogens is 1. The number of carboxylic acids is 1. The van der Waals surface area contributed by atoms with E-state index in [2.05, 4.69) is 0 Å². The third-order valence-corrected chi connectivity index (χ3v) is 2.81. The summed E-state index contributed by atoms with van der Waals surface area (Å²) in [6.07, 6.45) is 0. The molecule has 1 aliphatic heterocycles. The molecule has 1 aliphatic rings. The van der Waals surface area contributed by atoms with Crippen LogP contribution in [0.3, 0.4) is 0 Å². The van der Waals surface area contributed by atoms with Gasteiger partial charge in [-0.15, -0.1) is 0 Å².